The van der Waals surface area contributed by atoms with Crippen LogP contribution in [0.2, 0.25) is 0 Å². The van der Waals surface area contributed by atoms with Gasteiger partial charge in [-0.25, -0.2) is 0 Å². The zero-order chi connectivity index (χ0) is 13.1. The van der Waals surface area contributed by atoms with Crippen molar-refractivity contribution in [1.29, 1.82) is 0 Å². The average molecular weight is 338 g/mol. The molecule has 3 heteroatoms. The first-order valence-corrected chi connectivity index (χ1v) is 9.02. The van der Waals surface area contributed by atoms with E-state index in [2.05, 4.69) is 47.4 Å². The molecule has 1 nitrogen and oxygen atoms in total. The van der Waals surface area contributed by atoms with Crippen molar-refractivity contribution in [3.63, 3.8) is 0 Å². The Balaban J connectivity index is 2.32. The number of hydrogen-bond acceptors (Lipinski definition) is 2. The number of aromatic nitrogens is 1. The molecule has 0 saturated heterocycles. The van der Waals surface area contributed by atoms with E-state index in [-0.39, 0.29) is 0 Å². The van der Waals surface area contributed by atoms with Crippen molar-refractivity contribution in [2.75, 3.05) is 0 Å². The molecule has 94 valence electrons. The van der Waals surface area contributed by atoms with Gasteiger partial charge in [-0.1, -0.05) is 0 Å². The van der Waals surface area contributed by atoms with Crippen molar-refractivity contribution in [1.82, 2.24) is 4.98 Å². The van der Waals surface area contributed by atoms with Gasteiger partial charge in [-0.3, -0.25) is 0 Å². The van der Waals surface area contributed by atoms with Crippen LogP contribution >= 0.6 is 11.3 Å². The summed E-state index contributed by atoms with van der Waals surface area (Å²) in [5, 5.41) is 4.19. The summed E-state index contributed by atoms with van der Waals surface area (Å²) >= 11 is 2.29. The zero-order valence-corrected chi connectivity index (χ0v) is 13.0. The van der Waals surface area contributed by atoms with Gasteiger partial charge >= 0.3 is 125 Å². The molecule has 5 rings (SSSR count). The second-order valence-corrected chi connectivity index (χ2v) is 8.22. The fourth-order valence-corrected chi connectivity index (χ4v) is 6.59. The minimum absolute atomic E-state index is 0.434. The summed E-state index contributed by atoms with van der Waals surface area (Å²) in [4.78, 5) is 4.65. The molecule has 20 heavy (non-hydrogen) atoms. The third-order valence-electron chi connectivity index (χ3n) is 3.73. The van der Waals surface area contributed by atoms with Crippen molar-refractivity contribution >= 4 is 65.4 Å². The molecule has 0 bridgehead atoms. The Hall–Kier alpha value is -1.67. The first-order valence-electron chi connectivity index (χ1n) is 6.49. The number of fused-ring (bicyclic) bond motifs is 2. The van der Waals surface area contributed by atoms with E-state index in [1.165, 1.54) is 34.1 Å². The predicted octanol–water partition coefficient (Wildman–Crippen LogP) is 4.81. The Labute approximate surface area is 125 Å². The average Bonchev–Trinajstić information content (AvgIpc) is 2.79. The second-order valence-electron chi connectivity index (χ2n) is 4.86. The molecule has 0 aliphatic rings. The molecule has 0 aliphatic carbocycles. The van der Waals surface area contributed by atoms with Gasteiger partial charge in [-0.05, 0) is 0 Å². The summed E-state index contributed by atoms with van der Waals surface area (Å²) in [7, 11) is 0. The van der Waals surface area contributed by atoms with Gasteiger partial charge in [-0.15, -0.1) is 0 Å². The topological polar surface area (TPSA) is 12.9 Å². The summed E-state index contributed by atoms with van der Waals surface area (Å²) in [6, 6.07) is 17.6. The Bertz CT molecular complexity index is 1100. The number of pyridine rings is 1. The molecule has 0 saturated carbocycles. The van der Waals surface area contributed by atoms with Crippen molar-refractivity contribution in [3.05, 3.63) is 54.7 Å². The molecule has 0 amide bonds. The van der Waals surface area contributed by atoms with Gasteiger partial charge < -0.3 is 0 Å². The molecule has 3 aromatic heterocycles. The maximum absolute atomic E-state index is 4.65. The van der Waals surface area contributed by atoms with Gasteiger partial charge in [0.1, 0.15) is 0 Å². The van der Waals surface area contributed by atoms with Crippen LogP contribution in [0.1, 0.15) is 0 Å². The Kier molecular flexibility index (Phi) is 2.16. The summed E-state index contributed by atoms with van der Waals surface area (Å²) in [6.45, 7) is 0. The normalized spacial score (nSPS) is 12.0. The number of benzene rings is 2. The van der Waals surface area contributed by atoms with Crippen molar-refractivity contribution in [2.24, 2.45) is 0 Å². The molecule has 0 fully saturated rings. The van der Waals surface area contributed by atoms with E-state index in [1.54, 1.807) is 0 Å². The molecule has 0 spiro atoms. The molecule has 5 aromatic rings. The van der Waals surface area contributed by atoms with Crippen LogP contribution in [0.5, 0.6) is 0 Å². The van der Waals surface area contributed by atoms with E-state index in [9.17, 15) is 0 Å². The van der Waals surface area contributed by atoms with Crippen LogP contribution < -0.4 is 0 Å². The van der Waals surface area contributed by atoms with Gasteiger partial charge in [0, 0.05) is 0 Å². The molecule has 0 atom stereocenters. The van der Waals surface area contributed by atoms with E-state index < -0.39 is 0 Å². The fraction of sp³-hybridized carbons (Fsp3) is 0. The van der Waals surface area contributed by atoms with E-state index in [0.29, 0.717) is 14.5 Å². The van der Waals surface area contributed by atoms with Crippen molar-refractivity contribution in [2.45, 2.75) is 0 Å². The number of hydrogen-bond donors (Lipinski definition) is 0. The first-order chi connectivity index (χ1) is 9.92. The molecule has 0 radical (unpaired) electrons. The van der Waals surface area contributed by atoms with Crippen molar-refractivity contribution < 1.29 is 0 Å². The summed E-state index contributed by atoms with van der Waals surface area (Å²) in [5.41, 5.74) is 1.13. The second kappa shape index (κ2) is 3.92. The van der Waals surface area contributed by atoms with Crippen LogP contribution in [0.4, 0.5) is 0 Å². The van der Waals surface area contributed by atoms with Gasteiger partial charge in [-0.2, -0.15) is 0 Å². The molecule has 0 aliphatic heterocycles. The molecule has 3 heterocycles. The maximum atomic E-state index is 4.65. The zero-order valence-electron chi connectivity index (χ0n) is 10.5. The van der Waals surface area contributed by atoms with Crippen LogP contribution in [0.25, 0.3) is 39.6 Å². The van der Waals surface area contributed by atoms with E-state index >= 15 is 0 Å². The van der Waals surface area contributed by atoms with Crippen LogP contribution in [-0.2, 0) is 0 Å². The minimum atomic E-state index is 0.434. The number of rotatable bonds is 0. The number of nitrogens with zero attached hydrogens (tertiary/aromatic N) is 1. The summed E-state index contributed by atoms with van der Waals surface area (Å²) in [6.07, 6.45) is 1.90. The molecule has 0 N–H and O–H groups in total. The third-order valence-corrected chi connectivity index (χ3v) is 7.19. The van der Waals surface area contributed by atoms with E-state index in [4.69, 9.17) is 0 Å². The third kappa shape index (κ3) is 1.35. The molecular formula is C17H9NSSe. The molecular weight excluding hydrogens is 329 g/mol. The summed E-state index contributed by atoms with van der Waals surface area (Å²) in [5.74, 6) is 0. The van der Waals surface area contributed by atoms with Crippen LogP contribution in [0.15, 0.2) is 54.7 Å². The van der Waals surface area contributed by atoms with Gasteiger partial charge in [0.15, 0.2) is 0 Å². The molecule has 0 unspecified atom stereocenters. The first kappa shape index (κ1) is 11.0. The van der Waals surface area contributed by atoms with Gasteiger partial charge in [0.25, 0.3) is 0 Å². The summed E-state index contributed by atoms with van der Waals surface area (Å²) < 4.78 is 5.65. The molecule has 2 aromatic carbocycles. The van der Waals surface area contributed by atoms with Crippen LogP contribution in [-0.4, -0.2) is 19.5 Å². The standard InChI is InChI=1S/C17H9NSSe/c1-4-10-15-13(7-1)20-14-8-2-5-11(16(14)15)19-12-6-3-9-18-17(10)12/h1-9H. The Morgan fingerprint density at radius 2 is 1.60 bits per heavy atom. The van der Waals surface area contributed by atoms with Crippen LogP contribution in [0, 0.1) is 0 Å². The van der Waals surface area contributed by atoms with E-state index in [0.717, 1.165) is 5.52 Å². The Morgan fingerprint density at radius 1 is 0.800 bits per heavy atom. The fourth-order valence-electron chi connectivity index (χ4n) is 2.91. The monoisotopic (exact) mass is 339 g/mol. The van der Waals surface area contributed by atoms with Crippen LogP contribution in [0.3, 0.4) is 0 Å². The van der Waals surface area contributed by atoms with Crippen molar-refractivity contribution in [3.8, 4) is 0 Å². The SMILES string of the molecule is c1cnc2c(c1)sc1cccc3[se]c4cccc2c4c13. The van der Waals surface area contributed by atoms with E-state index in [1.807, 2.05) is 23.6 Å². The predicted molar refractivity (Wildman–Crippen MR) is 89.1 cm³/mol. The quantitative estimate of drug-likeness (QED) is 0.369. The Morgan fingerprint density at radius 3 is 2.55 bits per heavy atom. The van der Waals surface area contributed by atoms with Gasteiger partial charge in [0.05, 0.1) is 0 Å². The van der Waals surface area contributed by atoms with Gasteiger partial charge in [0.2, 0.25) is 0 Å².